The molecule has 0 spiro atoms. The van der Waals surface area contributed by atoms with E-state index in [4.69, 9.17) is 5.14 Å². The molecule has 2 heterocycles. The summed E-state index contributed by atoms with van der Waals surface area (Å²) >= 11 is 0. The van der Waals surface area contributed by atoms with Crippen LogP contribution in [0.4, 0.5) is 10.2 Å². The van der Waals surface area contributed by atoms with Crippen LogP contribution in [0.3, 0.4) is 0 Å². The maximum absolute atomic E-state index is 14.0. The molecule has 166 valence electrons. The minimum absolute atomic E-state index is 0.0836. The summed E-state index contributed by atoms with van der Waals surface area (Å²) in [4.78, 5) is 4.33. The van der Waals surface area contributed by atoms with E-state index in [1.54, 1.807) is 30.3 Å². The Hall–Kier alpha value is -3.28. The van der Waals surface area contributed by atoms with Gasteiger partial charge in [-0.25, -0.2) is 35.3 Å². The number of hydrogen-bond acceptors (Lipinski definition) is 6. The lowest BCUT2D eigenvalue weighted by Crippen LogP contribution is -2.22. The quantitative estimate of drug-likeness (QED) is 0.424. The summed E-state index contributed by atoms with van der Waals surface area (Å²) in [6.07, 6.45) is 2.97. The summed E-state index contributed by atoms with van der Waals surface area (Å²) in [5.41, 5.74) is 1.38. The summed E-state index contributed by atoms with van der Waals surface area (Å²) in [5, 5.41) is 8.37. The number of nitrogens with two attached hydrogens (primary N) is 1. The van der Waals surface area contributed by atoms with E-state index in [1.165, 1.54) is 42.7 Å². The Morgan fingerprint density at radius 2 is 1.75 bits per heavy atom. The highest BCUT2D eigenvalue weighted by Crippen LogP contribution is 2.33. The van der Waals surface area contributed by atoms with Crippen molar-refractivity contribution in [2.24, 2.45) is 5.14 Å². The molecule has 4 rings (SSSR count). The maximum Gasteiger partial charge on any atom is 0.268 e. The summed E-state index contributed by atoms with van der Waals surface area (Å²) < 4.78 is 63.6. The molecule has 0 atom stereocenters. The minimum atomic E-state index is -3.96. The van der Waals surface area contributed by atoms with E-state index in [-0.39, 0.29) is 22.7 Å². The largest absolute Gasteiger partial charge is 0.369 e. The molecule has 2 aromatic heterocycles. The van der Waals surface area contributed by atoms with Crippen LogP contribution in [0.2, 0.25) is 0 Å². The second-order valence-corrected chi connectivity index (χ2v) is 10.6. The van der Waals surface area contributed by atoms with Gasteiger partial charge in [0.1, 0.15) is 11.6 Å². The Morgan fingerprint density at radius 1 is 1.00 bits per heavy atom. The highest BCUT2D eigenvalue weighted by Gasteiger charge is 2.22. The van der Waals surface area contributed by atoms with Gasteiger partial charge in [-0.2, -0.15) is 0 Å². The summed E-state index contributed by atoms with van der Waals surface area (Å²) in [7, 11) is -7.54. The van der Waals surface area contributed by atoms with Gasteiger partial charge in [0.05, 0.1) is 16.2 Å². The molecule has 0 aliphatic rings. The molecule has 11 heteroatoms. The number of nitrogens with zero attached hydrogens (tertiary/aromatic N) is 2. The number of primary sulfonamides is 1. The average molecular weight is 475 g/mol. The van der Waals surface area contributed by atoms with Gasteiger partial charge in [-0.3, -0.25) is 0 Å². The Bertz CT molecular complexity index is 1480. The molecule has 0 bridgehead atoms. The third kappa shape index (κ3) is 4.49. The van der Waals surface area contributed by atoms with Gasteiger partial charge >= 0.3 is 0 Å². The van der Waals surface area contributed by atoms with Gasteiger partial charge in [-0.15, -0.1) is 0 Å². The Balaban J connectivity index is 1.74. The van der Waals surface area contributed by atoms with Crippen LogP contribution in [0.15, 0.2) is 78.0 Å². The molecule has 0 aliphatic heterocycles. The van der Waals surface area contributed by atoms with Crippen LogP contribution < -0.4 is 10.5 Å². The number of anilines is 1. The van der Waals surface area contributed by atoms with Crippen molar-refractivity contribution in [1.82, 2.24) is 8.96 Å². The first-order valence-electron chi connectivity index (χ1n) is 9.47. The minimum Gasteiger partial charge on any atom is -0.369 e. The predicted octanol–water partition coefficient (Wildman–Crippen LogP) is 2.78. The molecule has 32 heavy (non-hydrogen) atoms. The first kappa shape index (κ1) is 21.9. The van der Waals surface area contributed by atoms with Gasteiger partial charge in [0.15, 0.2) is 0 Å². The molecule has 2 aromatic carbocycles. The topological polar surface area (TPSA) is 124 Å². The lowest BCUT2D eigenvalue weighted by Gasteiger charge is -2.07. The zero-order valence-corrected chi connectivity index (χ0v) is 18.3. The lowest BCUT2D eigenvalue weighted by atomic mass is 10.1. The standard InChI is InChI=1S/C21H19FN4O4S2/c22-16-7-8-18-19(15-6-9-21(25-13-15)24-10-11-31(23,27)28)14-26(20(18)12-16)32(29,30)17-4-2-1-3-5-17/h1-9,12-14H,10-11H2,(H,24,25)(H2,23,27,28). The molecule has 0 saturated heterocycles. The maximum atomic E-state index is 14.0. The summed E-state index contributed by atoms with van der Waals surface area (Å²) in [5.74, 6) is -0.365. The lowest BCUT2D eigenvalue weighted by molar-refractivity contribution is 0.588. The van der Waals surface area contributed by atoms with Crippen LogP contribution in [-0.4, -0.2) is 38.1 Å². The molecule has 3 N–H and O–H groups in total. The summed E-state index contributed by atoms with van der Waals surface area (Å²) in [6.45, 7) is 0.0963. The van der Waals surface area contributed by atoms with Gasteiger partial charge in [0.2, 0.25) is 10.0 Å². The van der Waals surface area contributed by atoms with E-state index in [9.17, 15) is 21.2 Å². The molecule has 0 saturated carbocycles. The SMILES string of the molecule is NS(=O)(=O)CCNc1ccc(-c2cn(S(=O)(=O)c3ccccc3)c3cc(F)ccc23)cn1. The van der Waals surface area contributed by atoms with E-state index in [2.05, 4.69) is 10.3 Å². The van der Waals surface area contributed by atoms with Crippen molar-refractivity contribution in [3.05, 3.63) is 78.9 Å². The Morgan fingerprint density at radius 3 is 2.41 bits per heavy atom. The number of rotatable bonds is 7. The number of halogens is 1. The fourth-order valence-electron chi connectivity index (χ4n) is 3.29. The molecule has 0 fully saturated rings. The van der Waals surface area contributed by atoms with Crippen molar-refractivity contribution in [2.45, 2.75) is 4.90 Å². The zero-order valence-electron chi connectivity index (χ0n) is 16.6. The van der Waals surface area contributed by atoms with Crippen LogP contribution in [0.1, 0.15) is 0 Å². The van der Waals surface area contributed by atoms with Gasteiger partial charge in [0.25, 0.3) is 10.0 Å². The Labute approximate surface area is 184 Å². The number of nitrogens with one attached hydrogen (secondary N) is 1. The molecular weight excluding hydrogens is 455 g/mol. The molecule has 0 unspecified atom stereocenters. The second kappa shape index (κ2) is 8.34. The van der Waals surface area contributed by atoms with Crippen molar-refractivity contribution in [2.75, 3.05) is 17.6 Å². The molecule has 0 radical (unpaired) electrons. The highest BCUT2D eigenvalue weighted by molar-refractivity contribution is 7.90. The van der Waals surface area contributed by atoms with Crippen molar-refractivity contribution in [3.63, 3.8) is 0 Å². The molecular formula is C21H19FN4O4S2. The van der Waals surface area contributed by atoms with Crippen molar-refractivity contribution >= 4 is 36.8 Å². The second-order valence-electron chi connectivity index (χ2n) is 7.04. The number of pyridine rings is 1. The highest BCUT2D eigenvalue weighted by atomic mass is 32.2. The number of benzene rings is 2. The van der Waals surface area contributed by atoms with Crippen LogP contribution in [0, 0.1) is 5.82 Å². The Kier molecular flexibility index (Phi) is 5.71. The van der Waals surface area contributed by atoms with Gasteiger partial charge in [-0.1, -0.05) is 18.2 Å². The van der Waals surface area contributed by atoms with Crippen LogP contribution >= 0.6 is 0 Å². The predicted molar refractivity (Wildman–Crippen MR) is 121 cm³/mol. The van der Waals surface area contributed by atoms with Gasteiger partial charge in [0, 0.05) is 35.5 Å². The third-order valence-electron chi connectivity index (χ3n) is 4.80. The van der Waals surface area contributed by atoms with Crippen LogP contribution in [0.5, 0.6) is 0 Å². The van der Waals surface area contributed by atoms with E-state index in [1.807, 2.05) is 0 Å². The fraction of sp³-hybridized carbons (Fsp3) is 0.0952. The number of fused-ring (bicyclic) bond motifs is 1. The third-order valence-corrected chi connectivity index (χ3v) is 7.26. The van der Waals surface area contributed by atoms with Gasteiger partial charge in [-0.05, 0) is 42.5 Å². The molecule has 0 aliphatic carbocycles. The first-order chi connectivity index (χ1) is 15.1. The smallest absolute Gasteiger partial charge is 0.268 e. The van der Waals surface area contributed by atoms with Crippen LogP contribution in [0.25, 0.3) is 22.0 Å². The van der Waals surface area contributed by atoms with Crippen molar-refractivity contribution in [3.8, 4) is 11.1 Å². The van der Waals surface area contributed by atoms with Crippen molar-refractivity contribution in [1.29, 1.82) is 0 Å². The number of aromatic nitrogens is 2. The number of hydrogen-bond donors (Lipinski definition) is 2. The first-order valence-corrected chi connectivity index (χ1v) is 12.6. The average Bonchev–Trinajstić information content (AvgIpc) is 3.13. The normalized spacial score (nSPS) is 12.2. The van der Waals surface area contributed by atoms with E-state index >= 15 is 0 Å². The van der Waals surface area contributed by atoms with E-state index in [0.29, 0.717) is 22.3 Å². The van der Waals surface area contributed by atoms with Crippen LogP contribution in [-0.2, 0) is 20.0 Å². The fourth-order valence-corrected chi connectivity index (χ4v) is 5.05. The summed E-state index contributed by atoms with van der Waals surface area (Å²) in [6, 6.07) is 15.2. The van der Waals surface area contributed by atoms with Crippen molar-refractivity contribution < 1.29 is 21.2 Å². The van der Waals surface area contributed by atoms with E-state index in [0.717, 1.165) is 3.97 Å². The number of sulfonamides is 1. The van der Waals surface area contributed by atoms with E-state index < -0.39 is 25.9 Å². The zero-order chi connectivity index (χ0) is 22.9. The molecule has 4 aromatic rings. The molecule has 0 amide bonds. The monoisotopic (exact) mass is 474 g/mol. The molecule has 8 nitrogen and oxygen atoms in total. The van der Waals surface area contributed by atoms with Gasteiger partial charge < -0.3 is 5.32 Å².